The van der Waals surface area contributed by atoms with Gasteiger partial charge in [0.05, 0.1) is 11.4 Å². The molecule has 4 aromatic rings. The van der Waals surface area contributed by atoms with Crippen LogP contribution in [0.15, 0.2) is 79.3 Å². The maximum atomic E-state index is 12.9. The molecular formula is C30H32N6O2. The van der Waals surface area contributed by atoms with Crippen LogP contribution in [0.5, 0.6) is 11.5 Å². The third-order valence-electron chi connectivity index (χ3n) is 7.48. The van der Waals surface area contributed by atoms with E-state index in [-0.39, 0.29) is 11.9 Å². The largest absolute Gasteiger partial charge is 0.457 e. The second kappa shape index (κ2) is 10.3. The molecule has 2 aromatic heterocycles. The third-order valence-corrected chi connectivity index (χ3v) is 7.48. The molecule has 1 amide bonds. The fourth-order valence-electron chi connectivity index (χ4n) is 5.19. The van der Waals surface area contributed by atoms with Gasteiger partial charge in [-0.3, -0.25) is 9.69 Å². The molecule has 0 spiro atoms. The van der Waals surface area contributed by atoms with Crippen LogP contribution in [0.1, 0.15) is 25.3 Å². The number of para-hydroxylation sites is 1. The van der Waals surface area contributed by atoms with Crippen molar-refractivity contribution >= 4 is 22.8 Å². The minimum atomic E-state index is 0.0662. The van der Waals surface area contributed by atoms with Crippen LogP contribution in [0.25, 0.3) is 22.2 Å². The van der Waals surface area contributed by atoms with Gasteiger partial charge >= 0.3 is 0 Å². The van der Waals surface area contributed by atoms with Crippen LogP contribution in [0.3, 0.4) is 0 Å². The van der Waals surface area contributed by atoms with E-state index < -0.39 is 0 Å². The van der Waals surface area contributed by atoms with Gasteiger partial charge in [0.15, 0.2) is 0 Å². The summed E-state index contributed by atoms with van der Waals surface area (Å²) >= 11 is 0. The number of rotatable bonds is 8. The van der Waals surface area contributed by atoms with Gasteiger partial charge < -0.3 is 19.9 Å². The normalized spacial score (nSPS) is 17.6. The Morgan fingerprint density at radius 2 is 1.84 bits per heavy atom. The summed E-state index contributed by atoms with van der Waals surface area (Å²) in [6, 6.07) is 18.5. The van der Waals surface area contributed by atoms with Crippen LogP contribution >= 0.6 is 0 Å². The highest BCUT2D eigenvalue weighted by atomic mass is 16.5. The van der Waals surface area contributed by atoms with Crippen LogP contribution in [-0.4, -0.2) is 63.0 Å². The van der Waals surface area contributed by atoms with E-state index in [1.54, 1.807) is 6.08 Å². The lowest BCUT2D eigenvalue weighted by Crippen LogP contribution is -2.28. The van der Waals surface area contributed by atoms with Gasteiger partial charge in [0.1, 0.15) is 29.3 Å². The lowest BCUT2D eigenvalue weighted by Gasteiger charge is -2.16. The van der Waals surface area contributed by atoms with E-state index in [1.807, 2.05) is 65.6 Å². The maximum absolute atomic E-state index is 12.9. The third kappa shape index (κ3) is 4.99. The number of fused-ring (bicyclic) bond motifs is 1. The average molecular weight is 509 g/mol. The Morgan fingerprint density at radius 3 is 2.61 bits per heavy atom. The van der Waals surface area contributed by atoms with Crippen molar-refractivity contribution in [3.05, 3.63) is 79.3 Å². The summed E-state index contributed by atoms with van der Waals surface area (Å²) in [5.74, 6) is 2.06. The molecule has 2 aromatic carbocycles. The van der Waals surface area contributed by atoms with E-state index in [4.69, 9.17) is 10.5 Å². The molecule has 0 bridgehead atoms. The van der Waals surface area contributed by atoms with Crippen molar-refractivity contribution in [3.63, 3.8) is 0 Å². The molecule has 38 heavy (non-hydrogen) atoms. The Kier molecular flexibility index (Phi) is 6.55. The molecule has 1 saturated heterocycles. The number of benzene rings is 2. The highest BCUT2D eigenvalue weighted by Gasteiger charge is 2.29. The van der Waals surface area contributed by atoms with Gasteiger partial charge in [-0.25, -0.2) is 9.97 Å². The topological polar surface area (TPSA) is 89.5 Å². The smallest absolute Gasteiger partial charge is 0.246 e. The van der Waals surface area contributed by atoms with Crippen LogP contribution in [0.2, 0.25) is 0 Å². The zero-order valence-corrected chi connectivity index (χ0v) is 21.5. The summed E-state index contributed by atoms with van der Waals surface area (Å²) in [7, 11) is 2.12. The molecule has 0 unspecified atom stereocenters. The number of nitrogen functional groups attached to an aromatic ring is 1. The summed E-state index contributed by atoms with van der Waals surface area (Å²) < 4.78 is 8.12. The predicted molar refractivity (Wildman–Crippen MR) is 149 cm³/mol. The van der Waals surface area contributed by atoms with E-state index >= 15 is 0 Å². The first kappa shape index (κ1) is 24.2. The molecule has 6 rings (SSSR count). The summed E-state index contributed by atoms with van der Waals surface area (Å²) in [5.41, 5.74) is 9.12. The Hall–Kier alpha value is -4.17. The fraction of sp³-hybridized carbons (Fsp3) is 0.300. The molecule has 1 aliphatic heterocycles. The summed E-state index contributed by atoms with van der Waals surface area (Å²) in [5, 5.41) is 0.831. The SMILES string of the molecule is CN(CC=CC(=O)N1CC[C@@H](n2cc(-c3ccc(Oc4ccccc4)cc3)c3c(N)ncnc32)C1)C1CC1. The molecule has 2 aliphatic rings. The summed E-state index contributed by atoms with van der Waals surface area (Å²) in [4.78, 5) is 25.9. The van der Waals surface area contributed by atoms with Gasteiger partial charge in [0, 0.05) is 43.5 Å². The predicted octanol–water partition coefficient (Wildman–Crippen LogP) is 4.90. The molecular weight excluding hydrogens is 476 g/mol. The Balaban J connectivity index is 1.21. The fourth-order valence-corrected chi connectivity index (χ4v) is 5.19. The van der Waals surface area contributed by atoms with Gasteiger partial charge in [0.25, 0.3) is 0 Å². The number of hydrogen-bond acceptors (Lipinski definition) is 6. The quantitative estimate of drug-likeness (QED) is 0.341. The highest BCUT2D eigenvalue weighted by molar-refractivity contribution is 6.00. The second-order valence-electron chi connectivity index (χ2n) is 10.1. The lowest BCUT2D eigenvalue weighted by molar-refractivity contribution is -0.125. The maximum Gasteiger partial charge on any atom is 0.246 e. The zero-order valence-electron chi connectivity index (χ0n) is 21.5. The molecule has 1 atom stereocenters. The monoisotopic (exact) mass is 508 g/mol. The van der Waals surface area contributed by atoms with Crippen LogP contribution in [0.4, 0.5) is 5.82 Å². The number of likely N-dealkylation sites (N-methyl/N-ethyl adjacent to an activating group) is 1. The first-order valence-corrected chi connectivity index (χ1v) is 13.2. The van der Waals surface area contributed by atoms with Crippen molar-refractivity contribution in [1.29, 1.82) is 0 Å². The lowest BCUT2D eigenvalue weighted by atomic mass is 10.1. The van der Waals surface area contributed by atoms with Crippen molar-refractivity contribution in [2.24, 2.45) is 0 Å². The number of ether oxygens (including phenoxy) is 1. The molecule has 194 valence electrons. The highest BCUT2D eigenvalue weighted by Crippen LogP contribution is 2.37. The number of carbonyl (C=O) groups excluding carboxylic acids is 1. The molecule has 8 heteroatoms. The van der Waals surface area contributed by atoms with Gasteiger partial charge in [-0.15, -0.1) is 0 Å². The number of nitrogens with two attached hydrogens (primary N) is 1. The molecule has 3 heterocycles. The first-order chi connectivity index (χ1) is 18.6. The second-order valence-corrected chi connectivity index (χ2v) is 10.1. The van der Waals surface area contributed by atoms with Crippen molar-refractivity contribution < 1.29 is 9.53 Å². The van der Waals surface area contributed by atoms with Crippen molar-refractivity contribution in [2.45, 2.75) is 31.3 Å². The number of likely N-dealkylation sites (tertiary alicyclic amines) is 1. The Morgan fingerprint density at radius 1 is 1.08 bits per heavy atom. The van der Waals surface area contributed by atoms with Crippen molar-refractivity contribution in [1.82, 2.24) is 24.3 Å². The Bertz CT molecular complexity index is 1460. The van der Waals surface area contributed by atoms with Crippen LogP contribution in [-0.2, 0) is 4.79 Å². The number of hydrogen-bond donors (Lipinski definition) is 1. The molecule has 8 nitrogen and oxygen atoms in total. The number of amides is 1. The number of anilines is 1. The van der Waals surface area contributed by atoms with E-state index in [0.29, 0.717) is 24.9 Å². The number of aromatic nitrogens is 3. The van der Waals surface area contributed by atoms with Gasteiger partial charge in [0.2, 0.25) is 5.91 Å². The van der Waals surface area contributed by atoms with Crippen LogP contribution < -0.4 is 10.5 Å². The molecule has 0 radical (unpaired) electrons. The Labute approximate surface area is 222 Å². The van der Waals surface area contributed by atoms with Gasteiger partial charge in [-0.05, 0) is 56.1 Å². The van der Waals surface area contributed by atoms with Gasteiger partial charge in [-0.1, -0.05) is 36.4 Å². The molecule has 1 saturated carbocycles. The number of carbonyl (C=O) groups is 1. The van der Waals surface area contributed by atoms with Gasteiger partial charge in [-0.2, -0.15) is 0 Å². The van der Waals surface area contributed by atoms with Crippen molar-refractivity contribution in [2.75, 3.05) is 32.4 Å². The minimum absolute atomic E-state index is 0.0662. The standard InChI is InChI=1S/C30H32N6O2/c1-34(22-11-12-22)16-5-8-27(37)35-17-15-23(18-35)36-19-26(28-29(31)32-20-33-30(28)36)21-9-13-25(14-10-21)38-24-6-3-2-4-7-24/h2-10,13-14,19-20,22-23H,11-12,15-18H2,1H3,(H2,31,32,33)/t23-/m1/s1. The van der Waals surface area contributed by atoms with Crippen molar-refractivity contribution in [3.8, 4) is 22.6 Å². The summed E-state index contributed by atoms with van der Waals surface area (Å²) in [6.45, 7) is 2.16. The molecule has 2 fully saturated rings. The molecule has 2 N–H and O–H groups in total. The van der Waals surface area contributed by atoms with E-state index in [1.165, 1.54) is 19.2 Å². The minimum Gasteiger partial charge on any atom is -0.457 e. The van der Waals surface area contributed by atoms with E-state index in [9.17, 15) is 4.79 Å². The zero-order chi connectivity index (χ0) is 26.1. The molecule has 1 aliphatic carbocycles. The van der Waals surface area contributed by atoms with Crippen LogP contribution in [0, 0.1) is 0 Å². The summed E-state index contributed by atoms with van der Waals surface area (Å²) in [6.07, 6.45) is 10.7. The van der Waals surface area contributed by atoms with E-state index in [2.05, 4.69) is 32.7 Å². The number of nitrogens with zero attached hydrogens (tertiary/aromatic N) is 5. The van der Waals surface area contributed by atoms with E-state index in [0.717, 1.165) is 46.6 Å². The first-order valence-electron chi connectivity index (χ1n) is 13.2. The average Bonchev–Trinajstić information content (AvgIpc) is 3.54.